The van der Waals surface area contributed by atoms with Crippen LogP contribution < -0.4 is 16.0 Å². The number of rotatable bonds is 5. The smallest absolute Gasteiger partial charge is 0.255 e. The van der Waals surface area contributed by atoms with Gasteiger partial charge in [-0.1, -0.05) is 18.2 Å². The van der Waals surface area contributed by atoms with Crippen LogP contribution in [0.1, 0.15) is 47.2 Å². The van der Waals surface area contributed by atoms with Crippen molar-refractivity contribution in [2.75, 3.05) is 13.1 Å². The van der Waals surface area contributed by atoms with E-state index in [0.29, 0.717) is 31.1 Å². The predicted octanol–water partition coefficient (Wildman–Crippen LogP) is 0.289. The number of amides is 3. The molecule has 2 fully saturated rings. The lowest BCUT2D eigenvalue weighted by Crippen LogP contribution is -2.52. The number of piperidine rings is 1. The molecule has 0 saturated carbocycles. The van der Waals surface area contributed by atoms with E-state index in [1.165, 1.54) is 12.8 Å². The molecule has 1 aromatic carbocycles. The molecule has 0 spiro atoms. The van der Waals surface area contributed by atoms with Crippen molar-refractivity contribution in [1.29, 1.82) is 0 Å². The van der Waals surface area contributed by atoms with E-state index in [0.717, 1.165) is 24.2 Å². The fourth-order valence-electron chi connectivity index (χ4n) is 4.15. The Labute approximate surface area is 152 Å². The van der Waals surface area contributed by atoms with Crippen LogP contribution in [-0.4, -0.2) is 47.8 Å². The third kappa shape index (κ3) is 3.24. The number of nitrogens with zero attached hydrogens (tertiary/aromatic N) is 1. The Morgan fingerprint density at radius 1 is 1.19 bits per heavy atom. The number of hydrogen-bond donors (Lipinski definition) is 3. The molecule has 2 atom stereocenters. The van der Waals surface area contributed by atoms with Crippen molar-refractivity contribution in [2.45, 2.75) is 50.9 Å². The fraction of sp³-hybridized carbons (Fsp3) is 0.526. The summed E-state index contributed by atoms with van der Waals surface area (Å²) < 4.78 is 0. The van der Waals surface area contributed by atoms with E-state index in [2.05, 4.69) is 16.0 Å². The minimum absolute atomic E-state index is 0.106. The Morgan fingerprint density at radius 2 is 2.08 bits per heavy atom. The Kier molecular flexibility index (Phi) is 4.74. The maximum absolute atomic E-state index is 13.0. The first-order chi connectivity index (χ1) is 12.6. The molecule has 0 bridgehead atoms. The van der Waals surface area contributed by atoms with Gasteiger partial charge in [-0.3, -0.25) is 19.7 Å². The van der Waals surface area contributed by atoms with Crippen molar-refractivity contribution in [3.8, 4) is 0 Å². The highest BCUT2D eigenvalue weighted by atomic mass is 16.2. The summed E-state index contributed by atoms with van der Waals surface area (Å²) in [5.74, 6) is -0.735. The number of nitrogens with one attached hydrogen (secondary N) is 3. The van der Waals surface area contributed by atoms with Gasteiger partial charge in [0.1, 0.15) is 6.04 Å². The van der Waals surface area contributed by atoms with Crippen molar-refractivity contribution in [3.05, 3.63) is 34.9 Å². The highest BCUT2D eigenvalue weighted by Gasteiger charge is 2.39. The molecule has 0 aliphatic carbocycles. The molecule has 26 heavy (non-hydrogen) atoms. The summed E-state index contributed by atoms with van der Waals surface area (Å²) in [6.07, 6.45) is 3.07. The second-order valence-corrected chi connectivity index (χ2v) is 7.28. The minimum Gasteiger partial charge on any atom is -0.322 e. The maximum Gasteiger partial charge on any atom is 0.255 e. The molecule has 3 aliphatic rings. The first-order valence-corrected chi connectivity index (χ1v) is 9.33. The van der Waals surface area contributed by atoms with Gasteiger partial charge in [0, 0.05) is 37.7 Å². The molecule has 1 aromatic rings. The largest absolute Gasteiger partial charge is 0.322 e. The van der Waals surface area contributed by atoms with Crippen LogP contribution in [-0.2, 0) is 22.7 Å². The standard InChI is InChI=1S/C19H24N4O3/c24-16-7-6-15(18(25)22-16)23-11-13-4-1-3-12(17(13)19(23)26)9-20-10-14-5-2-8-21-14/h1,3-4,14-15,20-21H,2,5-11H2,(H,22,24,25)/t14-,15?/m0/s1. The molecule has 3 heterocycles. The molecule has 7 nitrogen and oxygen atoms in total. The Hall–Kier alpha value is -2.25. The van der Waals surface area contributed by atoms with Gasteiger partial charge in [-0.15, -0.1) is 0 Å². The Bertz CT molecular complexity index is 742. The Morgan fingerprint density at radius 3 is 2.85 bits per heavy atom. The topological polar surface area (TPSA) is 90.5 Å². The van der Waals surface area contributed by atoms with Gasteiger partial charge in [-0.25, -0.2) is 0 Å². The first-order valence-electron chi connectivity index (χ1n) is 9.33. The normalized spacial score (nSPS) is 25.5. The lowest BCUT2D eigenvalue weighted by Gasteiger charge is -2.29. The molecule has 4 rings (SSSR count). The second kappa shape index (κ2) is 7.17. The van der Waals surface area contributed by atoms with Gasteiger partial charge in [0.25, 0.3) is 5.91 Å². The van der Waals surface area contributed by atoms with E-state index < -0.39 is 6.04 Å². The molecule has 138 valence electrons. The molecular formula is C19H24N4O3. The average Bonchev–Trinajstić information content (AvgIpc) is 3.24. The van der Waals surface area contributed by atoms with Crippen LogP contribution in [0.4, 0.5) is 0 Å². The van der Waals surface area contributed by atoms with Crippen molar-refractivity contribution in [1.82, 2.24) is 20.9 Å². The summed E-state index contributed by atoms with van der Waals surface area (Å²) in [5.41, 5.74) is 2.64. The number of benzene rings is 1. The van der Waals surface area contributed by atoms with Crippen LogP contribution in [0.15, 0.2) is 18.2 Å². The second-order valence-electron chi connectivity index (χ2n) is 7.28. The zero-order chi connectivity index (χ0) is 18.1. The summed E-state index contributed by atoms with van der Waals surface area (Å²) in [4.78, 5) is 38.1. The molecule has 1 unspecified atom stereocenters. The lowest BCUT2D eigenvalue weighted by molar-refractivity contribution is -0.136. The maximum atomic E-state index is 13.0. The van der Waals surface area contributed by atoms with Crippen molar-refractivity contribution >= 4 is 17.7 Å². The van der Waals surface area contributed by atoms with E-state index in [-0.39, 0.29) is 24.1 Å². The molecule has 3 amide bonds. The lowest BCUT2D eigenvalue weighted by atomic mass is 10.0. The van der Waals surface area contributed by atoms with Crippen LogP contribution >= 0.6 is 0 Å². The first kappa shape index (κ1) is 17.2. The predicted molar refractivity (Wildman–Crippen MR) is 95.2 cm³/mol. The van der Waals surface area contributed by atoms with Gasteiger partial charge in [-0.2, -0.15) is 0 Å². The number of hydrogen-bond acceptors (Lipinski definition) is 5. The number of imide groups is 1. The summed E-state index contributed by atoms with van der Waals surface area (Å²) in [6.45, 7) is 3.02. The third-order valence-corrected chi connectivity index (χ3v) is 5.51. The SMILES string of the molecule is O=C1CCC(N2Cc3cccc(CNC[C@@H]4CCCN4)c3C2=O)C(=O)N1. The fourth-order valence-corrected chi connectivity index (χ4v) is 4.15. The number of carbonyl (C=O) groups is 3. The molecule has 0 radical (unpaired) electrons. The number of fused-ring (bicyclic) bond motifs is 1. The van der Waals surface area contributed by atoms with E-state index in [9.17, 15) is 14.4 Å². The van der Waals surface area contributed by atoms with Crippen LogP contribution in [0.3, 0.4) is 0 Å². The zero-order valence-corrected chi connectivity index (χ0v) is 14.7. The quantitative estimate of drug-likeness (QED) is 0.660. The van der Waals surface area contributed by atoms with E-state index in [1.807, 2.05) is 18.2 Å². The van der Waals surface area contributed by atoms with Gasteiger partial charge < -0.3 is 15.5 Å². The van der Waals surface area contributed by atoms with E-state index in [1.54, 1.807) is 4.90 Å². The molecule has 7 heteroatoms. The van der Waals surface area contributed by atoms with Crippen LogP contribution in [0.5, 0.6) is 0 Å². The van der Waals surface area contributed by atoms with E-state index >= 15 is 0 Å². The summed E-state index contributed by atoms with van der Waals surface area (Å²) in [6, 6.07) is 5.82. The summed E-state index contributed by atoms with van der Waals surface area (Å²) >= 11 is 0. The van der Waals surface area contributed by atoms with E-state index in [4.69, 9.17) is 0 Å². The van der Waals surface area contributed by atoms with Crippen molar-refractivity contribution in [3.63, 3.8) is 0 Å². The molecular weight excluding hydrogens is 332 g/mol. The highest BCUT2D eigenvalue weighted by Crippen LogP contribution is 2.29. The Balaban J connectivity index is 1.46. The molecule has 2 saturated heterocycles. The molecule has 3 aliphatic heterocycles. The van der Waals surface area contributed by atoms with Gasteiger partial charge >= 0.3 is 0 Å². The van der Waals surface area contributed by atoms with Crippen molar-refractivity contribution in [2.24, 2.45) is 0 Å². The zero-order valence-electron chi connectivity index (χ0n) is 14.7. The average molecular weight is 356 g/mol. The van der Waals surface area contributed by atoms with Gasteiger partial charge in [-0.05, 0) is 36.9 Å². The summed E-state index contributed by atoms with van der Waals surface area (Å²) in [7, 11) is 0. The minimum atomic E-state index is -0.559. The molecule has 3 N–H and O–H groups in total. The third-order valence-electron chi connectivity index (χ3n) is 5.51. The van der Waals surface area contributed by atoms with Gasteiger partial charge in [0.15, 0.2) is 0 Å². The van der Waals surface area contributed by atoms with Crippen LogP contribution in [0.25, 0.3) is 0 Å². The van der Waals surface area contributed by atoms with Crippen LogP contribution in [0, 0.1) is 0 Å². The van der Waals surface area contributed by atoms with Crippen molar-refractivity contribution < 1.29 is 14.4 Å². The number of carbonyl (C=O) groups excluding carboxylic acids is 3. The van der Waals surface area contributed by atoms with Crippen LogP contribution in [0.2, 0.25) is 0 Å². The molecule has 0 aromatic heterocycles. The van der Waals surface area contributed by atoms with Gasteiger partial charge in [0.2, 0.25) is 11.8 Å². The monoisotopic (exact) mass is 356 g/mol. The van der Waals surface area contributed by atoms with Gasteiger partial charge in [0.05, 0.1) is 0 Å². The highest BCUT2D eigenvalue weighted by molar-refractivity contribution is 6.05. The summed E-state index contributed by atoms with van der Waals surface area (Å²) in [5, 5.41) is 9.24.